The van der Waals surface area contributed by atoms with E-state index in [1.54, 1.807) is 24.3 Å². The van der Waals surface area contributed by atoms with E-state index in [4.69, 9.17) is 28.9 Å². The van der Waals surface area contributed by atoms with E-state index in [0.29, 0.717) is 21.3 Å². The molecular weight excluding hydrogens is 299 g/mol. The van der Waals surface area contributed by atoms with Gasteiger partial charge in [0.2, 0.25) is 5.91 Å². The maximum absolute atomic E-state index is 12.1. The van der Waals surface area contributed by atoms with E-state index in [2.05, 4.69) is 5.32 Å². The fourth-order valence-electron chi connectivity index (χ4n) is 1.61. The van der Waals surface area contributed by atoms with Gasteiger partial charge in [-0.05, 0) is 30.3 Å². The summed E-state index contributed by atoms with van der Waals surface area (Å²) in [4.78, 5) is 23.2. The van der Waals surface area contributed by atoms with Crippen LogP contribution in [0.3, 0.4) is 0 Å². The van der Waals surface area contributed by atoms with Gasteiger partial charge < -0.3 is 11.1 Å². The highest BCUT2D eigenvalue weighted by Crippen LogP contribution is 2.24. The van der Waals surface area contributed by atoms with Crippen molar-refractivity contribution in [1.29, 1.82) is 0 Å². The van der Waals surface area contributed by atoms with Gasteiger partial charge in [-0.2, -0.15) is 0 Å². The van der Waals surface area contributed by atoms with Crippen molar-refractivity contribution in [2.45, 2.75) is 0 Å². The lowest BCUT2D eigenvalue weighted by Crippen LogP contribution is -2.15. The zero-order chi connectivity index (χ0) is 14.7. The van der Waals surface area contributed by atoms with Crippen LogP contribution in [0.1, 0.15) is 20.7 Å². The molecule has 0 saturated carbocycles. The van der Waals surface area contributed by atoms with Crippen LogP contribution in [0.2, 0.25) is 10.0 Å². The SMILES string of the molecule is NC(=O)c1ccc(Cl)c(NC(=O)c2ccccc2Cl)c1. The quantitative estimate of drug-likeness (QED) is 0.912. The summed E-state index contributed by atoms with van der Waals surface area (Å²) in [5, 5.41) is 3.23. The highest BCUT2D eigenvalue weighted by molar-refractivity contribution is 6.36. The summed E-state index contributed by atoms with van der Waals surface area (Å²) in [6.07, 6.45) is 0. The molecule has 2 amide bonds. The predicted octanol–water partition coefficient (Wildman–Crippen LogP) is 3.34. The Kier molecular flexibility index (Phi) is 4.27. The molecule has 6 heteroatoms. The molecule has 0 fully saturated rings. The minimum Gasteiger partial charge on any atom is -0.366 e. The number of halogens is 2. The largest absolute Gasteiger partial charge is 0.366 e. The fraction of sp³-hybridized carbons (Fsp3) is 0. The molecule has 20 heavy (non-hydrogen) atoms. The Balaban J connectivity index is 2.30. The molecule has 2 rings (SSSR count). The molecule has 102 valence electrons. The van der Waals surface area contributed by atoms with Crippen LogP contribution in [-0.2, 0) is 0 Å². The highest BCUT2D eigenvalue weighted by Gasteiger charge is 2.13. The average Bonchev–Trinajstić information content (AvgIpc) is 2.41. The number of carbonyl (C=O) groups excluding carboxylic acids is 2. The third kappa shape index (κ3) is 3.10. The number of carbonyl (C=O) groups is 2. The van der Waals surface area contributed by atoms with Crippen molar-refractivity contribution in [3.05, 3.63) is 63.6 Å². The van der Waals surface area contributed by atoms with Gasteiger partial charge in [-0.15, -0.1) is 0 Å². The number of benzene rings is 2. The first-order valence-corrected chi connectivity index (χ1v) is 6.40. The van der Waals surface area contributed by atoms with Crippen LogP contribution in [0, 0.1) is 0 Å². The van der Waals surface area contributed by atoms with Crippen molar-refractivity contribution in [3.63, 3.8) is 0 Å². The summed E-state index contributed by atoms with van der Waals surface area (Å²) in [5.74, 6) is -1.02. The molecule has 0 aliphatic rings. The lowest BCUT2D eigenvalue weighted by Gasteiger charge is -2.09. The number of primary amides is 1. The lowest BCUT2D eigenvalue weighted by molar-refractivity contribution is 0.0996. The first kappa shape index (κ1) is 14.4. The summed E-state index contributed by atoms with van der Waals surface area (Å²) in [6.45, 7) is 0. The van der Waals surface area contributed by atoms with Crippen molar-refractivity contribution < 1.29 is 9.59 Å². The van der Waals surface area contributed by atoms with Gasteiger partial charge in [0.1, 0.15) is 0 Å². The monoisotopic (exact) mass is 308 g/mol. The van der Waals surface area contributed by atoms with Gasteiger partial charge in [-0.1, -0.05) is 35.3 Å². The molecule has 0 radical (unpaired) electrons. The number of nitrogens with two attached hydrogens (primary N) is 1. The van der Waals surface area contributed by atoms with E-state index < -0.39 is 11.8 Å². The second kappa shape index (κ2) is 5.94. The molecule has 0 atom stereocenters. The molecule has 0 aliphatic carbocycles. The van der Waals surface area contributed by atoms with E-state index in [1.165, 1.54) is 18.2 Å². The molecule has 4 nitrogen and oxygen atoms in total. The number of hydrogen-bond donors (Lipinski definition) is 2. The van der Waals surface area contributed by atoms with Crippen molar-refractivity contribution >= 4 is 40.7 Å². The molecular formula is C14H10Cl2N2O2. The number of anilines is 1. The third-order valence-corrected chi connectivity index (χ3v) is 3.28. The van der Waals surface area contributed by atoms with Crippen LogP contribution < -0.4 is 11.1 Å². The normalized spacial score (nSPS) is 10.1. The van der Waals surface area contributed by atoms with E-state index in [-0.39, 0.29) is 5.56 Å². The lowest BCUT2D eigenvalue weighted by atomic mass is 10.1. The molecule has 2 aromatic rings. The van der Waals surface area contributed by atoms with Crippen LogP contribution in [-0.4, -0.2) is 11.8 Å². The topological polar surface area (TPSA) is 72.2 Å². The first-order valence-electron chi connectivity index (χ1n) is 5.64. The van der Waals surface area contributed by atoms with Gasteiger partial charge >= 0.3 is 0 Å². The molecule has 0 saturated heterocycles. The van der Waals surface area contributed by atoms with Gasteiger partial charge in [0, 0.05) is 5.56 Å². The number of amides is 2. The standard InChI is InChI=1S/C14H10Cl2N2O2/c15-10-4-2-1-3-9(10)14(20)18-12-7-8(13(17)19)5-6-11(12)16/h1-7H,(H2,17,19)(H,18,20). The maximum Gasteiger partial charge on any atom is 0.257 e. The van der Waals surface area contributed by atoms with Crippen LogP contribution in [0.25, 0.3) is 0 Å². The van der Waals surface area contributed by atoms with Crippen molar-refractivity contribution in [3.8, 4) is 0 Å². The van der Waals surface area contributed by atoms with Gasteiger partial charge in [0.05, 0.1) is 21.3 Å². The minimum atomic E-state index is -0.602. The van der Waals surface area contributed by atoms with Crippen LogP contribution in [0.5, 0.6) is 0 Å². The second-order valence-corrected chi connectivity index (χ2v) is 4.81. The van der Waals surface area contributed by atoms with Crippen LogP contribution in [0.4, 0.5) is 5.69 Å². The molecule has 3 N–H and O–H groups in total. The van der Waals surface area contributed by atoms with E-state index in [1.807, 2.05) is 0 Å². The average molecular weight is 309 g/mol. The minimum absolute atomic E-state index is 0.254. The van der Waals surface area contributed by atoms with E-state index in [9.17, 15) is 9.59 Å². The predicted molar refractivity (Wildman–Crippen MR) is 79.4 cm³/mol. The van der Waals surface area contributed by atoms with Crippen molar-refractivity contribution in [2.24, 2.45) is 5.73 Å². The highest BCUT2D eigenvalue weighted by atomic mass is 35.5. The number of hydrogen-bond acceptors (Lipinski definition) is 2. The van der Waals surface area contributed by atoms with Crippen LogP contribution in [0.15, 0.2) is 42.5 Å². The third-order valence-electron chi connectivity index (χ3n) is 2.62. The molecule has 0 bridgehead atoms. The molecule has 0 aromatic heterocycles. The Morgan fingerprint density at radius 2 is 1.70 bits per heavy atom. The summed E-state index contributed by atoms with van der Waals surface area (Å²) in [6, 6.07) is 11.0. The first-order chi connectivity index (χ1) is 9.49. The molecule has 0 heterocycles. The zero-order valence-electron chi connectivity index (χ0n) is 10.2. The summed E-state index contributed by atoms with van der Waals surface area (Å²) < 4.78 is 0. The Bertz CT molecular complexity index is 687. The van der Waals surface area contributed by atoms with E-state index in [0.717, 1.165) is 0 Å². The Morgan fingerprint density at radius 3 is 2.35 bits per heavy atom. The second-order valence-electron chi connectivity index (χ2n) is 3.99. The summed E-state index contributed by atoms with van der Waals surface area (Å²) in [7, 11) is 0. The number of rotatable bonds is 3. The number of nitrogens with one attached hydrogen (secondary N) is 1. The van der Waals surface area contributed by atoms with Crippen molar-refractivity contribution in [1.82, 2.24) is 0 Å². The summed E-state index contributed by atoms with van der Waals surface area (Å²) in [5.41, 5.74) is 6.05. The Morgan fingerprint density at radius 1 is 1.00 bits per heavy atom. The molecule has 0 unspecified atom stereocenters. The molecule has 0 spiro atoms. The van der Waals surface area contributed by atoms with E-state index >= 15 is 0 Å². The maximum atomic E-state index is 12.1. The van der Waals surface area contributed by atoms with Gasteiger partial charge in [-0.3, -0.25) is 9.59 Å². The van der Waals surface area contributed by atoms with Gasteiger partial charge in [0.15, 0.2) is 0 Å². The van der Waals surface area contributed by atoms with Crippen LogP contribution >= 0.6 is 23.2 Å². The van der Waals surface area contributed by atoms with Gasteiger partial charge in [-0.25, -0.2) is 0 Å². The van der Waals surface area contributed by atoms with Gasteiger partial charge in [0.25, 0.3) is 5.91 Å². The fourth-order valence-corrected chi connectivity index (χ4v) is 2.00. The smallest absolute Gasteiger partial charge is 0.257 e. The Hall–Kier alpha value is -2.04. The summed E-state index contributed by atoms with van der Waals surface area (Å²) >= 11 is 11.9. The Labute approximate surface area is 125 Å². The molecule has 2 aromatic carbocycles. The molecule has 0 aliphatic heterocycles. The zero-order valence-corrected chi connectivity index (χ0v) is 11.7. The van der Waals surface area contributed by atoms with Crippen molar-refractivity contribution in [2.75, 3.05) is 5.32 Å².